The second kappa shape index (κ2) is 13.8. The number of hydrogen-bond donors (Lipinski definition) is 2. The van der Waals surface area contributed by atoms with Gasteiger partial charge in [-0.15, -0.1) is 11.3 Å². The highest BCUT2D eigenvalue weighted by atomic mass is 32.2. The number of rotatable bonds is 9. The fraction of sp³-hybridized carbons (Fsp3) is 0.310. The average molecular weight is 629 g/mol. The highest BCUT2D eigenvalue weighted by molar-refractivity contribution is 7.89. The number of ether oxygens (including phenoxy) is 2. The highest BCUT2D eigenvalue weighted by Crippen LogP contribution is 2.37. The van der Waals surface area contributed by atoms with Crippen molar-refractivity contribution >= 4 is 50.4 Å². The number of carbonyl (C=O) groups is 4. The van der Waals surface area contributed by atoms with Crippen LogP contribution in [0.3, 0.4) is 0 Å². The van der Waals surface area contributed by atoms with Crippen LogP contribution in [-0.4, -0.2) is 68.4 Å². The van der Waals surface area contributed by atoms with Crippen LogP contribution in [0.2, 0.25) is 0 Å². The lowest BCUT2D eigenvalue weighted by molar-refractivity contribution is 0.0924. The number of imide groups is 1. The molecule has 1 aliphatic heterocycles. The molecule has 0 fully saturated rings. The molecule has 2 aromatic carbocycles. The molecule has 43 heavy (non-hydrogen) atoms. The number of carbonyl (C=O) groups excluding carboxylic acids is 4. The summed E-state index contributed by atoms with van der Waals surface area (Å²) in [5.41, 5.74) is 1.69. The molecule has 0 bridgehead atoms. The summed E-state index contributed by atoms with van der Waals surface area (Å²) in [7, 11) is -2.35. The smallest absolute Gasteiger partial charge is 0.414 e. The summed E-state index contributed by atoms with van der Waals surface area (Å²) >= 11 is 1.11. The van der Waals surface area contributed by atoms with E-state index in [4.69, 9.17) is 9.47 Å². The Kier molecular flexibility index (Phi) is 10.2. The van der Waals surface area contributed by atoms with Crippen molar-refractivity contribution in [3.63, 3.8) is 0 Å². The lowest BCUT2D eigenvalue weighted by Crippen LogP contribution is -2.37. The largest absolute Gasteiger partial charge is 0.450 e. The number of hydrogen-bond acceptors (Lipinski definition) is 9. The lowest BCUT2D eigenvalue weighted by Gasteiger charge is -2.26. The van der Waals surface area contributed by atoms with Crippen LogP contribution in [0.25, 0.3) is 0 Å². The van der Waals surface area contributed by atoms with E-state index < -0.39 is 34.0 Å². The topological polar surface area (TPSA) is 151 Å². The summed E-state index contributed by atoms with van der Waals surface area (Å²) in [6.07, 6.45) is -1.12. The summed E-state index contributed by atoms with van der Waals surface area (Å²) in [5.74, 6) is -1.34. The third-order valence-corrected chi connectivity index (χ3v) is 9.55. The SMILES string of the molecule is CCOC(=O)NC(=O)c1c(NC(=O)c2ccc(S(=O)(=O)N(C)Cc3ccccc3)cc2)sc2c1CCN(C(=O)OCC)C2. The predicted molar refractivity (Wildman–Crippen MR) is 159 cm³/mol. The van der Waals surface area contributed by atoms with Gasteiger partial charge in [0.25, 0.3) is 11.8 Å². The van der Waals surface area contributed by atoms with Crippen molar-refractivity contribution in [3.8, 4) is 0 Å². The third kappa shape index (κ3) is 7.39. The van der Waals surface area contributed by atoms with Gasteiger partial charge in [-0.2, -0.15) is 4.31 Å². The standard InChI is InChI=1S/C29H32N4O8S2/c1-4-40-28(36)31-26(35)24-22-15-16-33(29(37)41-5-2)18-23(22)42-27(24)30-25(34)20-11-13-21(14-12-20)43(38,39)32(3)17-19-9-7-6-8-10-19/h6-14H,4-5,15-18H2,1-3H3,(H,30,34)(H,31,35,36). The molecular formula is C29H32N4O8S2. The Bertz CT molecular complexity index is 1610. The quantitative estimate of drug-likeness (QED) is 0.358. The van der Waals surface area contributed by atoms with Gasteiger partial charge < -0.3 is 19.7 Å². The van der Waals surface area contributed by atoms with E-state index in [1.54, 1.807) is 13.8 Å². The number of thiophene rings is 1. The van der Waals surface area contributed by atoms with Crippen LogP contribution in [-0.2, 0) is 39.0 Å². The van der Waals surface area contributed by atoms with E-state index in [1.165, 1.54) is 40.5 Å². The van der Waals surface area contributed by atoms with Gasteiger partial charge in [-0.25, -0.2) is 18.0 Å². The van der Waals surface area contributed by atoms with Gasteiger partial charge in [0, 0.05) is 30.6 Å². The van der Waals surface area contributed by atoms with Crippen molar-refractivity contribution in [1.29, 1.82) is 0 Å². The van der Waals surface area contributed by atoms with Crippen LogP contribution in [0, 0.1) is 0 Å². The predicted octanol–water partition coefficient (Wildman–Crippen LogP) is 4.22. The van der Waals surface area contributed by atoms with Crippen LogP contribution in [0.5, 0.6) is 0 Å². The van der Waals surface area contributed by atoms with Crippen LogP contribution in [0.1, 0.15) is 50.6 Å². The van der Waals surface area contributed by atoms with E-state index in [-0.39, 0.29) is 53.9 Å². The zero-order valence-electron chi connectivity index (χ0n) is 23.9. The van der Waals surface area contributed by atoms with Crippen LogP contribution in [0.4, 0.5) is 14.6 Å². The van der Waals surface area contributed by atoms with Crippen molar-refractivity contribution in [2.45, 2.75) is 38.3 Å². The minimum Gasteiger partial charge on any atom is -0.450 e. The average Bonchev–Trinajstić information content (AvgIpc) is 3.35. The molecule has 4 rings (SSSR count). The van der Waals surface area contributed by atoms with Crippen molar-refractivity contribution in [1.82, 2.24) is 14.5 Å². The first-order valence-electron chi connectivity index (χ1n) is 13.5. The second-order valence-electron chi connectivity index (χ2n) is 9.48. The number of sulfonamides is 1. The molecule has 4 amide bonds. The monoisotopic (exact) mass is 628 g/mol. The summed E-state index contributed by atoms with van der Waals surface area (Å²) in [6, 6.07) is 14.6. The van der Waals surface area contributed by atoms with Crippen molar-refractivity contribution < 1.29 is 37.1 Å². The maximum Gasteiger partial charge on any atom is 0.414 e. The molecule has 0 aliphatic carbocycles. The number of alkyl carbamates (subject to hydrolysis) is 1. The Hall–Kier alpha value is -4.27. The van der Waals surface area contributed by atoms with E-state index in [9.17, 15) is 27.6 Å². The van der Waals surface area contributed by atoms with Crippen LogP contribution >= 0.6 is 11.3 Å². The maximum atomic E-state index is 13.2. The third-order valence-electron chi connectivity index (χ3n) is 6.60. The molecule has 1 aromatic heterocycles. The number of anilines is 1. The first kappa shape index (κ1) is 31.7. The molecule has 228 valence electrons. The van der Waals surface area contributed by atoms with E-state index in [0.29, 0.717) is 16.9 Å². The molecule has 2 heterocycles. The molecule has 12 nitrogen and oxygen atoms in total. The molecule has 14 heteroatoms. The Balaban J connectivity index is 1.55. The molecule has 0 atom stereocenters. The van der Waals surface area contributed by atoms with Gasteiger partial charge in [-0.05, 0) is 55.7 Å². The highest BCUT2D eigenvalue weighted by Gasteiger charge is 2.32. The zero-order valence-corrected chi connectivity index (χ0v) is 25.5. The number of fused-ring (bicyclic) bond motifs is 1. The van der Waals surface area contributed by atoms with Gasteiger partial charge in [0.1, 0.15) is 5.00 Å². The first-order chi connectivity index (χ1) is 20.5. The van der Waals surface area contributed by atoms with Gasteiger partial charge in [0.2, 0.25) is 10.0 Å². The van der Waals surface area contributed by atoms with Gasteiger partial charge in [-0.1, -0.05) is 30.3 Å². The van der Waals surface area contributed by atoms with E-state index in [2.05, 4.69) is 10.6 Å². The minimum atomic E-state index is -3.83. The number of benzene rings is 2. The number of nitrogens with one attached hydrogen (secondary N) is 2. The van der Waals surface area contributed by atoms with Crippen LogP contribution in [0.15, 0.2) is 59.5 Å². The molecule has 2 N–H and O–H groups in total. The molecule has 1 aliphatic rings. The molecule has 0 spiro atoms. The van der Waals surface area contributed by atoms with Crippen molar-refractivity contribution in [2.24, 2.45) is 0 Å². The molecule has 0 saturated carbocycles. The fourth-order valence-electron chi connectivity index (χ4n) is 4.48. The normalized spacial score (nSPS) is 12.8. The molecule has 3 aromatic rings. The Morgan fingerprint density at radius 1 is 0.953 bits per heavy atom. The summed E-state index contributed by atoms with van der Waals surface area (Å²) in [6.45, 7) is 4.20. The van der Waals surface area contributed by atoms with Crippen molar-refractivity contribution in [3.05, 3.63) is 81.7 Å². The number of amides is 4. The molecule has 0 unspecified atom stereocenters. The summed E-state index contributed by atoms with van der Waals surface area (Å²) in [5, 5.41) is 5.08. The first-order valence-corrected chi connectivity index (χ1v) is 15.8. The summed E-state index contributed by atoms with van der Waals surface area (Å²) in [4.78, 5) is 52.8. The minimum absolute atomic E-state index is 0.0163. The molecule has 0 radical (unpaired) electrons. The van der Waals surface area contributed by atoms with E-state index >= 15 is 0 Å². The van der Waals surface area contributed by atoms with Gasteiger partial charge in [0.15, 0.2) is 0 Å². The molecular weight excluding hydrogens is 596 g/mol. The lowest BCUT2D eigenvalue weighted by atomic mass is 10.0. The Morgan fingerprint density at radius 2 is 1.63 bits per heavy atom. The second-order valence-corrected chi connectivity index (χ2v) is 12.6. The Morgan fingerprint density at radius 3 is 2.28 bits per heavy atom. The van der Waals surface area contributed by atoms with Gasteiger partial charge >= 0.3 is 12.2 Å². The number of nitrogens with zero attached hydrogens (tertiary/aromatic N) is 2. The zero-order chi connectivity index (χ0) is 31.1. The molecule has 0 saturated heterocycles. The van der Waals surface area contributed by atoms with Crippen molar-refractivity contribution in [2.75, 3.05) is 32.1 Å². The maximum absolute atomic E-state index is 13.2. The Labute approximate surface area is 253 Å². The van der Waals surface area contributed by atoms with E-state index in [0.717, 1.165) is 16.9 Å². The summed E-state index contributed by atoms with van der Waals surface area (Å²) < 4.78 is 37.3. The van der Waals surface area contributed by atoms with Gasteiger partial charge in [0.05, 0.1) is 30.2 Å². The van der Waals surface area contributed by atoms with Gasteiger partial charge in [-0.3, -0.25) is 14.9 Å². The fourth-order valence-corrected chi connectivity index (χ4v) is 6.90. The van der Waals surface area contributed by atoms with Crippen LogP contribution < -0.4 is 10.6 Å². The van der Waals surface area contributed by atoms with E-state index in [1.807, 2.05) is 30.3 Å².